The zero-order valence-corrected chi connectivity index (χ0v) is 18.6. The minimum absolute atomic E-state index is 0.0762. The lowest BCUT2D eigenvalue weighted by Gasteiger charge is -2.34. The van der Waals surface area contributed by atoms with E-state index >= 15 is 0 Å². The number of nitrogens with one attached hydrogen (secondary N) is 1. The van der Waals surface area contributed by atoms with Gasteiger partial charge >= 0.3 is 0 Å². The number of amides is 1. The normalized spacial score (nSPS) is 15.0. The lowest BCUT2D eigenvalue weighted by atomic mass is 10.1. The van der Waals surface area contributed by atoms with Crippen molar-refractivity contribution in [2.75, 3.05) is 23.3 Å². The van der Waals surface area contributed by atoms with Crippen LogP contribution in [0.4, 0.5) is 11.4 Å². The van der Waals surface area contributed by atoms with Crippen molar-refractivity contribution in [1.82, 2.24) is 0 Å². The summed E-state index contributed by atoms with van der Waals surface area (Å²) >= 11 is 0. The Bertz CT molecular complexity index is 1300. The Labute approximate surface area is 192 Å². The zero-order chi connectivity index (χ0) is 23.4. The fourth-order valence-corrected chi connectivity index (χ4v) is 4.94. The lowest BCUT2D eigenvalue weighted by Crippen LogP contribution is -2.48. The maximum atomic E-state index is 13.4. The van der Waals surface area contributed by atoms with E-state index in [1.807, 2.05) is 0 Å². The van der Waals surface area contributed by atoms with Gasteiger partial charge in [-0.2, -0.15) is 5.26 Å². The minimum atomic E-state index is -3.96. The molecule has 0 aromatic heterocycles. The summed E-state index contributed by atoms with van der Waals surface area (Å²) in [5.74, 6) is 0.354. The fraction of sp³-hybridized carbons (Fsp3) is 0.167. The second-order valence-electron chi connectivity index (χ2n) is 7.31. The maximum Gasteiger partial charge on any atom is 0.267 e. The summed E-state index contributed by atoms with van der Waals surface area (Å²) in [5, 5.41) is 11.5. The number of sulfonamides is 1. The Morgan fingerprint density at radius 3 is 2.48 bits per heavy atom. The van der Waals surface area contributed by atoms with Crippen molar-refractivity contribution in [2.45, 2.75) is 17.4 Å². The van der Waals surface area contributed by atoms with Crippen LogP contribution in [0.5, 0.6) is 11.5 Å². The van der Waals surface area contributed by atoms with Crippen molar-refractivity contribution < 1.29 is 22.7 Å². The highest BCUT2D eigenvalue weighted by Crippen LogP contribution is 2.37. The van der Waals surface area contributed by atoms with Crippen LogP contribution in [0.3, 0.4) is 0 Å². The Morgan fingerprint density at radius 2 is 1.82 bits per heavy atom. The molecule has 8 nitrogen and oxygen atoms in total. The van der Waals surface area contributed by atoms with Crippen LogP contribution >= 0.6 is 0 Å². The molecule has 9 heteroatoms. The Morgan fingerprint density at radius 1 is 1.12 bits per heavy atom. The van der Waals surface area contributed by atoms with Crippen LogP contribution in [-0.2, 0) is 21.2 Å². The first-order valence-electron chi connectivity index (χ1n) is 10.1. The molecule has 0 aliphatic carbocycles. The summed E-state index contributed by atoms with van der Waals surface area (Å²) in [7, 11) is -2.46. The van der Waals surface area contributed by atoms with Gasteiger partial charge in [0.2, 0.25) is 0 Å². The van der Waals surface area contributed by atoms with Crippen LogP contribution in [0.2, 0.25) is 0 Å². The number of carbonyl (C=O) groups is 1. The standard InChI is InChI=1S/C24H21N3O5S/c1-31-19-10-12-20(13-11-19)33(29,30)27-16-23(32-22-5-3-2-4-21(22)27)24(28)26-18-8-6-17(7-9-18)14-15-25/h2-13,23H,14,16H2,1H3,(H,26,28)/t23-/m1/s1. The van der Waals surface area contributed by atoms with Gasteiger partial charge in [0, 0.05) is 5.69 Å². The molecule has 0 saturated heterocycles. The Balaban J connectivity index is 1.60. The van der Waals surface area contributed by atoms with Crippen molar-refractivity contribution in [3.05, 3.63) is 78.4 Å². The summed E-state index contributed by atoms with van der Waals surface area (Å²) in [4.78, 5) is 13.0. The molecule has 33 heavy (non-hydrogen) atoms. The fourth-order valence-electron chi connectivity index (χ4n) is 3.46. The number of para-hydroxylation sites is 2. The molecule has 1 atom stereocenters. The molecule has 3 aromatic carbocycles. The summed E-state index contributed by atoms with van der Waals surface area (Å²) in [6, 6.07) is 21.7. The molecular weight excluding hydrogens is 442 g/mol. The van der Waals surface area contributed by atoms with Crippen LogP contribution in [0.15, 0.2) is 77.7 Å². The van der Waals surface area contributed by atoms with Crippen LogP contribution in [0, 0.1) is 11.3 Å². The molecule has 1 aliphatic rings. The van der Waals surface area contributed by atoms with Crippen molar-refractivity contribution in [3.63, 3.8) is 0 Å². The van der Waals surface area contributed by atoms with Crippen LogP contribution in [-0.4, -0.2) is 34.1 Å². The second-order valence-corrected chi connectivity index (χ2v) is 9.17. The number of rotatable bonds is 6. The second kappa shape index (κ2) is 9.22. The highest BCUT2D eigenvalue weighted by Gasteiger charge is 2.37. The van der Waals surface area contributed by atoms with Gasteiger partial charge in [0.15, 0.2) is 6.10 Å². The first-order chi connectivity index (χ1) is 15.9. The van der Waals surface area contributed by atoms with Crippen molar-refractivity contribution in [3.8, 4) is 17.6 Å². The van der Waals surface area contributed by atoms with Crippen molar-refractivity contribution in [1.29, 1.82) is 5.26 Å². The number of hydrogen-bond acceptors (Lipinski definition) is 6. The number of ether oxygens (including phenoxy) is 2. The Hall–Kier alpha value is -4.03. The van der Waals surface area contributed by atoms with Gasteiger partial charge in [-0.3, -0.25) is 9.10 Å². The molecule has 1 N–H and O–H groups in total. The van der Waals surface area contributed by atoms with E-state index in [-0.39, 0.29) is 17.9 Å². The third-order valence-corrected chi connectivity index (χ3v) is 6.97. The largest absolute Gasteiger partial charge is 0.497 e. The van der Waals surface area contributed by atoms with E-state index in [1.54, 1.807) is 60.7 Å². The lowest BCUT2D eigenvalue weighted by molar-refractivity contribution is -0.122. The van der Waals surface area contributed by atoms with Crippen molar-refractivity contribution >= 4 is 27.3 Å². The van der Waals surface area contributed by atoms with Gasteiger partial charge in [-0.1, -0.05) is 24.3 Å². The summed E-state index contributed by atoms with van der Waals surface area (Å²) in [6.45, 7) is -0.191. The molecular formula is C24H21N3O5S. The van der Waals surface area contributed by atoms with Crippen molar-refractivity contribution in [2.24, 2.45) is 0 Å². The molecule has 1 amide bonds. The van der Waals surface area contributed by atoms with E-state index < -0.39 is 22.0 Å². The van der Waals surface area contributed by atoms with Gasteiger partial charge in [-0.15, -0.1) is 0 Å². The monoisotopic (exact) mass is 463 g/mol. The quantitative estimate of drug-likeness (QED) is 0.601. The molecule has 1 heterocycles. The summed E-state index contributed by atoms with van der Waals surface area (Å²) < 4.78 is 39.0. The van der Waals surface area contributed by atoms with E-state index in [2.05, 4.69) is 11.4 Å². The van der Waals surface area contributed by atoms with Gasteiger partial charge in [0.25, 0.3) is 15.9 Å². The predicted molar refractivity (Wildman–Crippen MR) is 123 cm³/mol. The molecule has 0 fully saturated rings. The SMILES string of the molecule is COc1ccc(S(=O)(=O)N2C[C@H](C(=O)Nc3ccc(CC#N)cc3)Oc3ccccc32)cc1. The smallest absolute Gasteiger partial charge is 0.267 e. The average Bonchev–Trinajstić information content (AvgIpc) is 2.84. The molecule has 0 spiro atoms. The average molecular weight is 464 g/mol. The highest BCUT2D eigenvalue weighted by atomic mass is 32.2. The van der Waals surface area contributed by atoms with Gasteiger partial charge < -0.3 is 14.8 Å². The van der Waals surface area contributed by atoms with E-state index in [9.17, 15) is 13.2 Å². The molecule has 4 rings (SSSR count). The van der Waals surface area contributed by atoms with Gasteiger partial charge in [-0.25, -0.2) is 8.42 Å². The minimum Gasteiger partial charge on any atom is -0.497 e. The number of methoxy groups -OCH3 is 1. The first-order valence-corrected chi connectivity index (χ1v) is 11.6. The molecule has 0 saturated carbocycles. The number of anilines is 2. The zero-order valence-electron chi connectivity index (χ0n) is 17.8. The summed E-state index contributed by atoms with van der Waals surface area (Å²) in [5.41, 5.74) is 1.71. The predicted octanol–water partition coefficient (Wildman–Crippen LogP) is 3.36. The molecule has 0 unspecified atom stereocenters. The van der Waals surface area contributed by atoms with Gasteiger partial charge in [-0.05, 0) is 54.1 Å². The molecule has 3 aromatic rings. The van der Waals surface area contributed by atoms with E-state index in [0.29, 0.717) is 22.9 Å². The topological polar surface area (TPSA) is 109 Å². The number of benzene rings is 3. The van der Waals surface area contributed by atoms with Gasteiger partial charge in [0.05, 0.1) is 36.7 Å². The number of fused-ring (bicyclic) bond motifs is 1. The van der Waals surface area contributed by atoms with E-state index in [0.717, 1.165) is 5.56 Å². The third-order valence-electron chi connectivity index (χ3n) is 5.18. The number of carbonyl (C=O) groups excluding carboxylic acids is 1. The molecule has 0 radical (unpaired) electrons. The Kier molecular flexibility index (Phi) is 6.20. The maximum absolute atomic E-state index is 13.4. The molecule has 168 valence electrons. The number of nitriles is 1. The first kappa shape index (κ1) is 22.2. The number of nitrogens with zero attached hydrogens (tertiary/aromatic N) is 2. The molecule has 0 bridgehead atoms. The summed E-state index contributed by atoms with van der Waals surface area (Å²) in [6.07, 6.45) is -0.790. The third kappa shape index (κ3) is 4.61. The van der Waals surface area contributed by atoms with E-state index in [1.165, 1.54) is 23.5 Å². The highest BCUT2D eigenvalue weighted by molar-refractivity contribution is 7.92. The van der Waals surface area contributed by atoms with Crippen LogP contribution in [0.1, 0.15) is 5.56 Å². The van der Waals surface area contributed by atoms with Crippen LogP contribution < -0.4 is 19.1 Å². The van der Waals surface area contributed by atoms with E-state index in [4.69, 9.17) is 14.7 Å². The van der Waals surface area contributed by atoms with Gasteiger partial charge in [0.1, 0.15) is 11.5 Å². The number of hydrogen-bond donors (Lipinski definition) is 1. The van der Waals surface area contributed by atoms with Crippen LogP contribution in [0.25, 0.3) is 0 Å². The molecule has 1 aliphatic heterocycles.